The molecule has 6 heteroatoms. The van der Waals surface area contributed by atoms with Crippen molar-refractivity contribution in [2.24, 2.45) is 5.92 Å². The Morgan fingerprint density at radius 2 is 2.12 bits per heavy atom. The highest BCUT2D eigenvalue weighted by Crippen LogP contribution is 2.25. The van der Waals surface area contributed by atoms with Crippen molar-refractivity contribution < 1.29 is 14.1 Å². The van der Waals surface area contributed by atoms with Gasteiger partial charge in [0.1, 0.15) is 0 Å². The lowest BCUT2D eigenvalue weighted by atomic mass is 10.1. The van der Waals surface area contributed by atoms with E-state index in [0.29, 0.717) is 18.1 Å². The molecule has 1 atom stereocenters. The maximum Gasteiger partial charge on any atom is 0.429 e. The summed E-state index contributed by atoms with van der Waals surface area (Å²) < 4.78 is -0.257. The minimum absolute atomic E-state index is 0.232. The Kier molecular flexibility index (Phi) is 2.31. The van der Waals surface area contributed by atoms with Gasteiger partial charge >= 0.3 is 11.9 Å². The van der Waals surface area contributed by atoms with Crippen molar-refractivity contribution in [3.05, 3.63) is 12.0 Å². The number of carbonyl (C=O) groups is 2. The molecule has 86 valence electrons. The molecule has 0 bridgehead atoms. The number of quaternary nitrogens is 1. The maximum atomic E-state index is 12.2. The second-order valence-corrected chi connectivity index (χ2v) is 4.63. The molecule has 1 aliphatic heterocycles. The van der Waals surface area contributed by atoms with Crippen LogP contribution in [0.25, 0.3) is 0 Å². The number of fused-ring (bicyclic) bond motifs is 1. The van der Waals surface area contributed by atoms with Crippen molar-refractivity contribution in [1.29, 1.82) is 0 Å². The van der Waals surface area contributed by atoms with Crippen molar-refractivity contribution in [1.82, 2.24) is 9.97 Å². The molecule has 0 saturated carbocycles. The van der Waals surface area contributed by atoms with Gasteiger partial charge in [-0.2, -0.15) is 4.48 Å². The van der Waals surface area contributed by atoms with Gasteiger partial charge in [0.2, 0.25) is 0 Å². The van der Waals surface area contributed by atoms with Gasteiger partial charge in [0.15, 0.2) is 11.5 Å². The van der Waals surface area contributed by atoms with Gasteiger partial charge in [-0.05, 0) is 0 Å². The molecular formula is C10H15N4O2+. The molecule has 1 aliphatic rings. The van der Waals surface area contributed by atoms with Crippen molar-refractivity contribution in [3.8, 4) is 0 Å². The predicted octanol–water partition coefficient (Wildman–Crippen LogP) is 1.20. The van der Waals surface area contributed by atoms with Crippen LogP contribution in [0.4, 0.5) is 10.6 Å². The smallest absolute Gasteiger partial charge is 0.335 e. The number of imidazole rings is 1. The van der Waals surface area contributed by atoms with Gasteiger partial charge in [-0.15, -0.1) is 0 Å². The Morgan fingerprint density at radius 1 is 1.44 bits per heavy atom. The van der Waals surface area contributed by atoms with Crippen LogP contribution < -0.4 is 5.32 Å². The lowest BCUT2D eigenvalue weighted by molar-refractivity contribution is -0.747. The van der Waals surface area contributed by atoms with Crippen molar-refractivity contribution >= 4 is 17.8 Å². The summed E-state index contributed by atoms with van der Waals surface area (Å²) in [6.07, 6.45) is 1.41. The molecule has 0 aromatic carbocycles. The average molecular weight is 223 g/mol. The normalized spacial score (nSPS) is 24.5. The van der Waals surface area contributed by atoms with E-state index in [1.807, 2.05) is 13.8 Å². The summed E-state index contributed by atoms with van der Waals surface area (Å²) in [5.41, 5.74) is 0.378. The minimum atomic E-state index is -0.321. The molecule has 6 nitrogen and oxygen atoms in total. The summed E-state index contributed by atoms with van der Waals surface area (Å²) in [5, 5.41) is 2.64. The molecule has 2 rings (SSSR count). The molecule has 2 N–H and O–H groups in total. The largest absolute Gasteiger partial charge is 0.429 e. The van der Waals surface area contributed by atoms with Crippen LogP contribution in [-0.2, 0) is 0 Å². The van der Waals surface area contributed by atoms with Crippen LogP contribution in [0.2, 0.25) is 0 Å². The number of nitrogens with zero attached hydrogens (tertiary/aromatic N) is 2. The number of hydrogen-bond donors (Lipinski definition) is 2. The number of aromatic nitrogens is 2. The monoisotopic (exact) mass is 223 g/mol. The predicted molar refractivity (Wildman–Crippen MR) is 57.8 cm³/mol. The van der Waals surface area contributed by atoms with E-state index >= 15 is 0 Å². The number of H-pyrrole nitrogens is 1. The fourth-order valence-corrected chi connectivity index (χ4v) is 2.01. The fourth-order valence-electron chi connectivity index (χ4n) is 2.01. The van der Waals surface area contributed by atoms with Gasteiger partial charge < -0.3 is 4.98 Å². The van der Waals surface area contributed by atoms with Crippen LogP contribution in [0.5, 0.6) is 0 Å². The molecule has 0 radical (unpaired) electrons. The molecule has 16 heavy (non-hydrogen) atoms. The molecule has 0 spiro atoms. The van der Waals surface area contributed by atoms with E-state index in [-0.39, 0.29) is 22.3 Å². The first-order valence-electron chi connectivity index (χ1n) is 5.20. The number of hydrogen-bond acceptors (Lipinski definition) is 3. The standard InChI is InChI=1S/C10H14N4O2/c1-6(2)4-14(3)9(15)7-8(12-5-11-7)13-10(14)16/h5-6H,4H2,1-3H3,(H-,11,12,13,15,16)/p+1. The quantitative estimate of drug-likeness (QED) is 0.740. The number of imide groups is 1. The Hall–Kier alpha value is -1.69. The first kappa shape index (κ1) is 10.8. The van der Waals surface area contributed by atoms with Crippen LogP contribution in [0.3, 0.4) is 0 Å². The van der Waals surface area contributed by atoms with Crippen molar-refractivity contribution in [2.45, 2.75) is 13.8 Å². The van der Waals surface area contributed by atoms with E-state index in [1.165, 1.54) is 6.33 Å². The summed E-state index contributed by atoms with van der Waals surface area (Å²) in [6.45, 7) is 4.43. The zero-order chi connectivity index (χ0) is 11.9. The number of amides is 3. The van der Waals surface area contributed by atoms with Crippen LogP contribution in [-0.4, -0.2) is 40.0 Å². The first-order chi connectivity index (χ1) is 7.45. The highest BCUT2D eigenvalue weighted by molar-refractivity contribution is 6.06. The number of urea groups is 1. The molecule has 2 heterocycles. The molecule has 0 fully saturated rings. The summed E-state index contributed by atoms with van der Waals surface area (Å²) in [4.78, 5) is 30.7. The molecule has 1 aromatic heterocycles. The molecular weight excluding hydrogens is 208 g/mol. The highest BCUT2D eigenvalue weighted by atomic mass is 16.2. The third kappa shape index (κ3) is 1.42. The molecule has 0 aliphatic carbocycles. The average Bonchev–Trinajstić information content (AvgIpc) is 2.62. The SMILES string of the molecule is CC(C)C[N+]1(C)C(=O)Nc2nc[nH]c2C1=O. The highest BCUT2D eigenvalue weighted by Gasteiger charge is 2.48. The van der Waals surface area contributed by atoms with Crippen LogP contribution in [0.15, 0.2) is 6.33 Å². The Balaban J connectivity index is 2.43. The number of anilines is 1. The maximum absolute atomic E-state index is 12.2. The Morgan fingerprint density at radius 3 is 2.75 bits per heavy atom. The van der Waals surface area contributed by atoms with Gasteiger partial charge in [0, 0.05) is 5.92 Å². The summed E-state index contributed by atoms with van der Waals surface area (Å²) >= 11 is 0. The Bertz CT molecular complexity index is 451. The van der Waals surface area contributed by atoms with Gasteiger partial charge in [0.25, 0.3) is 0 Å². The zero-order valence-corrected chi connectivity index (χ0v) is 9.57. The molecule has 1 unspecified atom stereocenters. The fraction of sp³-hybridized carbons (Fsp3) is 0.500. The third-order valence-corrected chi connectivity index (χ3v) is 2.71. The molecule has 0 saturated heterocycles. The van der Waals surface area contributed by atoms with E-state index in [9.17, 15) is 9.59 Å². The second kappa shape index (κ2) is 3.41. The molecule has 1 aromatic rings. The van der Waals surface area contributed by atoms with E-state index in [4.69, 9.17) is 0 Å². The van der Waals surface area contributed by atoms with Gasteiger partial charge in [-0.25, -0.2) is 14.6 Å². The first-order valence-corrected chi connectivity index (χ1v) is 5.20. The van der Waals surface area contributed by atoms with Crippen LogP contribution in [0, 0.1) is 5.92 Å². The summed E-state index contributed by atoms with van der Waals surface area (Å²) in [5.74, 6) is 0.350. The van der Waals surface area contributed by atoms with E-state index in [0.717, 1.165) is 0 Å². The number of carbonyl (C=O) groups excluding carboxylic acids is 2. The minimum Gasteiger partial charge on any atom is -0.335 e. The van der Waals surface area contributed by atoms with Gasteiger partial charge in [-0.1, -0.05) is 13.8 Å². The zero-order valence-electron chi connectivity index (χ0n) is 9.57. The number of nitrogens with one attached hydrogen (secondary N) is 2. The Labute approximate surface area is 93.3 Å². The van der Waals surface area contributed by atoms with Crippen LogP contribution >= 0.6 is 0 Å². The summed E-state index contributed by atoms with van der Waals surface area (Å²) in [6, 6.07) is -0.321. The second-order valence-electron chi connectivity index (χ2n) is 4.63. The number of aromatic amines is 1. The lowest BCUT2D eigenvalue weighted by Gasteiger charge is -2.32. The van der Waals surface area contributed by atoms with Crippen LogP contribution in [0.1, 0.15) is 24.3 Å². The van der Waals surface area contributed by atoms with E-state index < -0.39 is 0 Å². The molecule has 3 amide bonds. The topological polar surface area (TPSA) is 74.8 Å². The van der Waals surface area contributed by atoms with E-state index in [1.54, 1.807) is 7.05 Å². The van der Waals surface area contributed by atoms with Crippen molar-refractivity contribution in [3.63, 3.8) is 0 Å². The third-order valence-electron chi connectivity index (χ3n) is 2.71. The summed E-state index contributed by atoms with van der Waals surface area (Å²) in [7, 11) is 1.63. The van der Waals surface area contributed by atoms with Crippen molar-refractivity contribution in [2.75, 3.05) is 18.9 Å². The number of rotatable bonds is 2. The van der Waals surface area contributed by atoms with E-state index in [2.05, 4.69) is 15.3 Å². The van der Waals surface area contributed by atoms with Gasteiger partial charge in [0.05, 0.1) is 19.9 Å². The van der Waals surface area contributed by atoms with Gasteiger partial charge in [-0.3, -0.25) is 5.32 Å². The lowest BCUT2D eigenvalue weighted by Crippen LogP contribution is -2.60.